The molecular weight excluding hydrogens is 401 g/mol. The van der Waals surface area contributed by atoms with Gasteiger partial charge >= 0.3 is 6.03 Å². The first-order chi connectivity index (χ1) is 13.4. The lowest BCUT2D eigenvalue weighted by Crippen LogP contribution is -2.41. The minimum absolute atomic E-state index is 0.0237. The zero-order valence-corrected chi connectivity index (χ0v) is 17.2. The van der Waals surface area contributed by atoms with E-state index in [0.717, 1.165) is 24.0 Å². The number of carbonyl (C=O) groups is 1. The number of benzene rings is 2. The van der Waals surface area contributed by atoms with Gasteiger partial charge in [-0.25, -0.2) is 4.79 Å². The number of hydrogen-bond donors (Lipinski definition) is 1. The lowest BCUT2D eigenvalue weighted by molar-refractivity contribution is -0.384. The van der Waals surface area contributed by atoms with Crippen molar-refractivity contribution in [3.05, 3.63) is 73.8 Å². The van der Waals surface area contributed by atoms with Crippen LogP contribution in [0, 0.1) is 10.1 Å². The highest BCUT2D eigenvalue weighted by atomic mass is 35.5. The molecule has 150 valence electrons. The molecule has 2 amide bonds. The summed E-state index contributed by atoms with van der Waals surface area (Å²) in [5.74, 6) is 0. The zero-order valence-electron chi connectivity index (χ0n) is 15.7. The first-order valence-electron chi connectivity index (χ1n) is 9.10. The van der Waals surface area contributed by atoms with Crippen LogP contribution in [0.4, 0.5) is 10.5 Å². The Kier molecular flexibility index (Phi) is 8.54. The number of nitro groups is 1. The molecule has 0 aliphatic rings. The molecule has 0 unspecified atom stereocenters. The normalized spacial score (nSPS) is 10.5. The Morgan fingerprint density at radius 1 is 1.18 bits per heavy atom. The summed E-state index contributed by atoms with van der Waals surface area (Å²) in [7, 11) is 0. The van der Waals surface area contributed by atoms with Gasteiger partial charge in [-0.05, 0) is 36.1 Å². The average Bonchev–Trinajstić information content (AvgIpc) is 2.66. The van der Waals surface area contributed by atoms with Crippen LogP contribution in [-0.2, 0) is 13.0 Å². The number of carbonyl (C=O) groups excluding carboxylic acids is 1. The first kappa shape index (κ1) is 22.0. The van der Waals surface area contributed by atoms with E-state index in [2.05, 4.69) is 12.2 Å². The molecule has 2 aromatic rings. The Morgan fingerprint density at radius 2 is 1.89 bits per heavy atom. The minimum atomic E-state index is -0.443. The molecule has 0 aromatic heterocycles. The highest BCUT2D eigenvalue weighted by Gasteiger charge is 2.15. The van der Waals surface area contributed by atoms with Crippen molar-refractivity contribution < 1.29 is 9.72 Å². The van der Waals surface area contributed by atoms with Gasteiger partial charge in [0, 0.05) is 41.8 Å². The highest BCUT2D eigenvalue weighted by Crippen LogP contribution is 2.22. The van der Waals surface area contributed by atoms with E-state index in [1.165, 1.54) is 12.1 Å². The summed E-state index contributed by atoms with van der Waals surface area (Å²) in [6.07, 6.45) is 2.47. The van der Waals surface area contributed by atoms with Crippen LogP contribution in [0.1, 0.15) is 30.9 Å². The van der Waals surface area contributed by atoms with E-state index in [0.29, 0.717) is 36.1 Å². The third kappa shape index (κ3) is 6.69. The molecular formula is C20H23Cl2N3O3. The summed E-state index contributed by atoms with van der Waals surface area (Å²) in [6, 6.07) is 11.3. The summed E-state index contributed by atoms with van der Waals surface area (Å²) in [6.45, 7) is 3.47. The Hall–Kier alpha value is -2.31. The molecule has 28 heavy (non-hydrogen) atoms. The van der Waals surface area contributed by atoms with E-state index in [-0.39, 0.29) is 11.7 Å². The van der Waals surface area contributed by atoms with E-state index in [1.807, 2.05) is 6.07 Å². The second-order valence-electron chi connectivity index (χ2n) is 6.42. The standard InChI is InChI=1S/C20H23Cl2N3O3/c1-2-3-11-23-20(26)24(12-10-16-6-7-17(21)13-19(16)22)14-15-4-8-18(9-5-15)25(27)28/h4-9,13H,2-3,10-12,14H2,1H3,(H,23,26). The van der Waals surface area contributed by atoms with E-state index < -0.39 is 4.92 Å². The molecule has 0 bridgehead atoms. The fraction of sp³-hybridized carbons (Fsp3) is 0.350. The SMILES string of the molecule is CCCCNC(=O)N(CCc1ccc(Cl)cc1Cl)Cc1ccc([N+](=O)[O-])cc1. The van der Waals surface area contributed by atoms with Crippen LogP contribution in [0.25, 0.3) is 0 Å². The lowest BCUT2D eigenvalue weighted by Gasteiger charge is -2.23. The van der Waals surface area contributed by atoms with Crippen molar-refractivity contribution in [2.75, 3.05) is 13.1 Å². The molecule has 2 aromatic carbocycles. The van der Waals surface area contributed by atoms with Gasteiger partial charge in [-0.1, -0.05) is 54.7 Å². The van der Waals surface area contributed by atoms with Crippen molar-refractivity contribution in [2.24, 2.45) is 0 Å². The van der Waals surface area contributed by atoms with Crippen LogP contribution < -0.4 is 5.32 Å². The van der Waals surface area contributed by atoms with Crippen LogP contribution >= 0.6 is 23.2 Å². The van der Waals surface area contributed by atoms with Crippen LogP contribution in [-0.4, -0.2) is 28.9 Å². The second kappa shape index (κ2) is 10.9. The number of amides is 2. The Morgan fingerprint density at radius 3 is 2.50 bits per heavy atom. The number of nitro benzene ring substituents is 1. The minimum Gasteiger partial charge on any atom is -0.338 e. The summed E-state index contributed by atoms with van der Waals surface area (Å²) in [4.78, 5) is 24.7. The molecule has 1 N–H and O–H groups in total. The summed E-state index contributed by atoms with van der Waals surface area (Å²) in [5, 5.41) is 14.9. The monoisotopic (exact) mass is 423 g/mol. The molecule has 0 saturated heterocycles. The summed E-state index contributed by atoms with van der Waals surface area (Å²) < 4.78 is 0. The maximum atomic E-state index is 12.6. The van der Waals surface area contributed by atoms with Gasteiger partial charge in [0.1, 0.15) is 0 Å². The summed E-state index contributed by atoms with van der Waals surface area (Å²) >= 11 is 12.2. The van der Waals surface area contributed by atoms with E-state index in [1.54, 1.807) is 29.2 Å². The third-order valence-electron chi connectivity index (χ3n) is 4.28. The predicted molar refractivity (Wildman–Crippen MR) is 112 cm³/mol. The van der Waals surface area contributed by atoms with Crippen molar-refractivity contribution in [3.63, 3.8) is 0 Å². The van der Waals surface area contributed by atoms with E-state index in [9.17, 15) is 14.9 Å². The fourth-order valence-corrected chi connectivity index (χ4v) is 3.16. The predicted octanol–water partition coefficient (Wildman–Crippen LogP) is 5.46. The Balaban J connectivity index is 2.09. The smallest absolute Gasteiger partial charge is 0.317 e. The quantitative estimate of drug-likeness (QED) is 0.330. The molecule has 2 rings (SSSR count). The molecule has 0 aliphatic heterocycles. The van der Waals surface area contributed by atoms with E-state index in [4.69, 9.17) is 23.2 Å². The number of non-ortho nitro benzene ring substituents is 1. The molecule has 0 heterocycles. The van der Waals surface area contributed by atoms with E-state index >= 15 is 0 Å². The zero-order chi connectivity index (χ0) is 20.5. The highest BCUT2D eigenvalue weighted by molar-refractivity contribution is 6.35. The number of hydrogen-bond acceptors (Lipinski definition) is 3. The number of halogens is 2. The van der Waals surface area contributed by atoms with Crippen molar-refractivity contribution in [1.82, 2.24) is 10.2 Å². The Bertz CT molecular complexity index is 813. The number of urea groups is 1. The number of nitrogens with zero attached hydrogens (tertiary/aromatic N) is 2. The third-order valence-corrected chi connectivity index (χ3v) is 4.87. The molecule has 6 nitrogen and oxygen atoms in total. The van der Waals surface area contributed by atoms with Crippen LogP contribution in [0.5, 0.6) is 0 Å². The van der Waals surface area contributed by atoms with Crippen molar-refractivity contribution in [2.45, 2.75) is 32.7 Å². The fourth-order valence-electron chi connectivity index (χ4n) is 2.66. The topological polar surface area (TPSA) is 75.5 Å². The van der Waals surface area contributed by atoms with Gasteiger partial charge < -0.3 is 10.2 Å². The largest absolute Gasteiger partial charge is 0.338 e. The van der Waals surface area contributed by atoms with Crippen molar-refractivity contribution in [3.8, 4) is 0 Å². The van der Waals surface area contributed by atoms with Gasteiger partial charge in [0.25, 0.3) is 5.69 Å². The molecule has 8 heteroatoms. The maximum absolute atomic E-state index is 12.6. The number of rotatable bonds is 9. The molecule has 0 aliphatic carbocycles. The second-order valence-corrected chi connectivity index (χ2v) is 7.26. The molecule has 0 saturated carbocycles. The van der Waals surface area contributed by atoms with Gasteiger partial charge in [0.2, 0.25) is 0 Å². The van der Waals surface area contributed by atoms with Crippen LogP contribution in [0.2, 0.25) is 10.0 Å². The van der Waals surface area contributed by atoms with Crippen LogP contribution in [0.3, 0.4) is 0 Å². The average molecular weight is 424 g/mol. The van der Waals surface area contributed by atoms with Gasteiger partial charge in [-0.2, -0.15) is 0 Å². The van der Waals surface area contributed by atoms with Crippen molar-refractivity contribution >= 4 is 34.9 Å². The first-order valence-corrected chi connectivity index (χ1v) is 9.86. The van der Waals surface area contributed by atoms with Gasteiger partial charge in [0.05, 0.1) is 4.92 Å². The number of nitrogens with one attached hydrogen (secondary N) is 1. The molecule has 0 spiro atoms. The lowest BCUT2D eigenvalue weighted by atomic mass is 10.1. The number of unbranched alkanes of at least 4 members (excludes halogenated alkanes) is 1. The van der Waals surface area contributed by atoms with Crippen LogP contribution in [0.15, 0.2) is 42.5 Å². The summed E-state index contributed by atoms with van der Waals surface area (Å²) in [5.41, 5.74) is 1.75. The van der Waals surface area contributed by atoms with Gasteiger partial charge in [0.15, 0.2) is 0 Å². The molecule has 0 atom stereocenters. The van der Waals surface area contributed by atoms with Gasteiger partial charge in [-0.15, -0.1) is 0 Å². The van der Waals surface area contributed by atoms with Gasteiger partial charge in [-0.3, -0.25) is 10.1 Å². The Labute approximate surface area is 174 Å². The maximum Gasteiger partial charge on any atom is 0.317 e. The molecule has 0 radical (unpaired) electrons. The molecule has 0 fully saturated rings. The van der Waals surface area contributed by atoms with Crippen molar-refractivity contribution in [1.29, 1.82) is 0 Å².